The number of nitrogens with one attached hydrogen (secondary N) is 3. The number of alkyl halides is 1. The van der Waals surface area contributed by atoms with Gasteiger partial charge in [-0.3, -0.25) is 4.98 Å². The van der Waals surface area contributed by atoms with E-state index >= 15 is 4.39 Å². The number of piperidine rings is 1. The molecule has 1 aliphatic heterocycles. The lowest BCUT2D eigenvalue weighted by Gasteiger charge is -2.37. The van der Waals surface area contributed by atoms with Crippen LogP contribution in [0.1, 0.15) is 55.8 Å². The summed E-state index contributed by atoms with van der Waals surface area (Å²) in [7, 11) is 0. The minimum absolute atomic E-state index is 0.00517. The van der Waals surface area contributed by atoms with E-state index in [0.717, 1.165) is 43.0 Å². The number of nitrogens with two attached hydrogens (primary N) is 1. The molecular weight excluding hydrogens is 491 g/mol. The van der Waals surface area contributed by atoms with Crippen LogP contribution in [0.4, 0.5) is 30.5 Å². The number of anilines is 3. The molecule has 0 spiro atoms. The Morgan fingerprint density at radius 3 is 2.66 bits per heavy atom. The van der Waals surface area contributed by atoms with Crippen molar-refractivity contribution in [3.63, 3.8) is 0 Å². The standard InChI is InChI=1S/C28H32F3N7/c1-17-10-19(32)16-38(15-17)25-6-9-34-14-24(25)37-27-35-13-20(36-27)4-5-23(33)26-21(29)11-18(12-22(26)30)28(31)7-2-3-8-28/h4-6,9,11-14,17,19,33H,2-3,7-8,10,15-16,32H2,1H3,(H2,35,36,37)/b5-4-,33-23?. The van der Waals surface area contributed by atoms with E-state index in [1.807, 2.05) is 6.07 Å². The summed E-state index contributed by atoms with van der Waals surface area (Å²) < 4.78 is 44.5. The highest BCUT2D eigenvalue weighted by Crippen LogP contribution is 2.43. The van der Waals surface area contributed by atoms with Gasteiger partial charge in [-0.15, -0.1) is 0 Å². The fraction of sp³-hybridized carbons (Fsp3) is 0.393. The van der Waals surface area contributed by atoms with Crippen LogP contribution in [0.25, 0.3) is 6.08 Å². The van der Waals surface area contributed by atoms with Gasteiger partial charge < -0.3 is 26.3 Å². The molecule has 1 saturated heterocycles. The molecule has 2 atom stereocenters. The van der Waals surface area contributed by atoms with Crippen molar-refractivity contribution in [3.8, 4) is 0 Å². The lowest BCUT2D eigenvalue weighted by atomic mass is 9.92. The third kappa shape index (κ3) is 5.45. The maximum absolute atomic E-state index is 15.0. The number of rotatable bonds is 7. The normalized spacial score (nSPS) is 21.2. The zero-order chi connectivity index (χ0) is 26.9. The van der Waals surface area contributed by atoms with E-state index in [9.17, 15) is 8.78 Å². The van der Waals surface area contributed by atoms with Crippen LogP contribution in [0.2, 0.25) is 0 Å². The number of hydrogen-bond donors (Lipinski definition) is 4. The van der Waals surface area contributed by atoms with Crippen LogP contribution >= 0.6 is 0 Å². The van der Waals surface area contributed by atoms with Gasteiger partial charge in [0.15, 0.2) is 0 Å². The van der Waals surface area contributed by atoms with Gasteiger partial charge in [0.25, 0.3) is 0 Å². The van der Waals surface area contributed by atoms with Crippen molar-refractivity contribution in [2.24, 2.45) is 11.7 Å². The topological polar surface area (TPSA) is 107 Å². The van der Waals surface area contributed by atoms with Crippen molar-refractivity contribution >= 4 is 29.1 Å². The maximum Gasteiger partial charge on any atom is 0.205 e. The summed E-state index contributed by atoms with van der Waals surface area (Å²) in [5, 5.41) is 11.5. The summed E-state index contributed by atoms with van der Waals surface area (Å²) in [5.41, 5.74) is 5.96. The monoisotopic (exact) mass is 523 g/mol. The molecule has 2 fully saturated rings. The summed E-state index contributed by atoms with van der Waals surface area (Å²) in [6, 6.07) is 4.07. The molecule has 10 heteroatoms. The van der Waals surface area contributed by atoms with Gasteiger partial charge in [0, 0.05) is 25.3 Å². The molecule has 0 amide bonds. The molecule has 2 unspecified atom stereocenters. The van der Waals surface area contributed by atoms with Gasteiger partial charge >= 0.3 is 0 Å². The smallest absolute Gasteiger partial charge is 0.205 e. The summed E-state index contributed by atoms with van der Waals surface area (Å²) in [6.45, 7) is 3.82. The molecule has 200 valence electrons. The fourth-order valence-electron chi connectivity index (χ4n) is 5.54. The number of H-pyrrole nitrogens is 1. The van der Waals surface area contributed by atoms with Crippen molar-refractivity contribution in [1.29, 1.82) is 5.41 Å². The highest BCUT2D eigenvalue weighted by Gasteiger charge is 2.37. The molecule has 0 radical (unpaired) electrons. The molecular formula is C28H32F3N7. The van der Waals surface area contributed by atoms with Crippen LogP contribution in [-0.2, 0) is 5.67 Å². The van der Waals surface area contributed by atoms with E-state index < -0.39 is 22.9 Å². The lowest BCUT2D eigenvalue weighted by molar-refractivity contribution is 0.173. The maximum atomic E-state index is 15.0. The first-order chi connectivity index (χ1) is 18.2. The number of benzene rings is 1. The largest absolute Gasteiger partial charge is 0.368 e. The Morgan fingerprint density at radius 1 is 1.21 bits per heavy atom. The van der Waals surface area contributed by atoms with Crippen LogP contribution in [0.5, 0.6) is 0 Å². The second kappa shape index (κ2) is 10.6. The number of aromatic nitrogens is 3. The van der Waals surface area contributed by atoms with Crippen molar-refractivity contribution in [2.75, 3.05) is 23.3 Å². The summed E-state index contributed by atoms with van der Waals surface area (Å²) in [6.07, 6.45) is 10.7. The first-order valence-corrected chi connectivity index (χ1v) is 12.9. The third-order valence-electron chi connectivity index (χ3n) is 7.33. The zero-order valence-electron chi connectivity index (χ0n) is 21.3. The number of hydrogen-bond acceptors (Lipinski definition) is 6. The molecule has 1 aromatic carbocycles. The number of pyridine rings is 1. The Kier molecular flexibility index (Phi) is 7.25. The zero-order valence-corrected chi connectivity index (χ0v) is 21.3. The number of allylic oxidation sites excluding steroid dienone is 1. The minimum Gasteiger partial charge on any atom is -0.368 e. The van der Waals surface area contributed by atoms with E-state index in [4.69, 9.17) is 11.1 Å². The van der Waals surface area contributed by atoms with Gasteiger partial charge in [0.05, 0.1) is 40.7 Å². The second-order valence-corrected chi connectivity index (χ2v) is 10.4. The van der Waals surface area contributed by atoms with Gasteiger partial charge in [-0.25, -0.2) is 18.2 Å². The Hall–Kier alpha value is -3.66. The first kappa shape index (κ1) is 26.0. The number of nitrogens with zero attached hydrogens (tertiary/aromatic N) is 3. The van der Waals surface area contributed by atoms with Crippen LogP contribution in [0.15, 0.2) is 42.9 Å². The Bertz CT molecular complexity index is 1310. The van der Waals surface area contributed by atoms with Gasteiger partial charge in [-0.1, -0.05) is 6.92 Å². The van der Waals surface area contributed by atoms with Crippen molar-refractivity contribution in [3.05, 3.63) is 71.3 Å². The SMILES string of the molecule is CC1CC(N)CN(c2ccncc2Nc2ncc(/C=C\C(=N)c3c(F)cc(C4(F)CCCC4)cc3F)[nH]2)C1. The van der Waals surface area contributed by atoms with Gasteiger partial charge in [-0.05, 0) is 73.9 Å². The molecule has 38 heavy (non-hydrogen) atoms. The predicted molar refractivity (Wildman–Crippen MR) is 144 cm³/mol. The highest BCUT2D eigenvalue weighted by molar-refractivity contribution is 6.09. The summed E-state index contributed by atoms with van der Waals surface area (Å²) >= 11 is 0. The number of aromatic amines is 1. The second-order valence-electron chi connectivity index (χ2n) is 10.4. The van der Waals surface area contributed by atoms with E-state index in [-0.39, 0.29) is 30.2 Å². The first-order valence-electron chi connectivity index (χ1n) is 12.9. The average molecular weight is 524 g/mol. The fourth-order valence-corrected chi connectivity index (χ4v) is 5.54. The van der Waals surface area contributed by atoms with Gasteiger partial charge in [0.1, 0.15) is 17.3 Å². The molecule has 0 bridgehead atoms. The molecule has 3 heterocycles. The van der Waals surface area contributed by atoms with E-state index in [0.29, 0.717) is 30.4 Å². The molecule has 7 nitrogen and oxygen atoms in total. The summed E-state index contributed by atoms with van der Waals surface area (Å²) in [5.74, 6) is -0.962. The number of halogens is 3. The average Bonchev–Trinajstić information content (AvgIpc) is 3.51. The Morgan fingerprint density at radius 2 is 1.95 bits per heavy atom. The molecule has 1 saturated carbocycles. The molecule has 3 aromatic rings. The lowest BCUT2D eigenvalue weighted by Crippen LogP contribution is -2.46. The summed E-state index contributed by atoms with van der Waals surface area (Å²) in [4.78, 5) is 13.9. The number of imidazole rings is 1. The molecule has 5 rings (SSSR count). The molecule has 1 aliphatic carbocycles. The minimum atomic E-state index is -1.70. The van der Waals surface area contributed by atoms with E-state index in [2.05, 4.69) is 32.1 Å². The van der Waals surface area contributed by atoms with Crippen molar-refractivity contribution < 1.29 is 13.2 Å². The van der Waals surface area contributed by atoms with Crippen molar-refractivity contribution in [1.82, 2.24) is 15.0 Å². The Balaban J connectivity index is 1.29. The van der Waals surface area contributed by atoms with Gasteiger partial charge in [-0.2, -0.15) is 0 Å². The third-order valence-corrected chi connectivity index (χ3v) is 7.33. The molecule has 5 N–H and O–H groups in total. The highest BCUT2D eigenvalue weighted by atomic mass is 19.1. The van der Waals surface area contributed by atoms with E-state index in [1.165, 1.54) is 12.2 Å². The quantitative estimate of drug-likeness (QED) is 0.292. The molecule has 2 aliphatic rings. The van der Waals surface area contributed by atoms with Gasteiger partial charge in [0.2, 0.25) is 5.95 Å². The predicted octanol–water partition coefficient (Wildman–Crippen LogP) is 5.82. The Labute approximate surface area is 219 Å². The molecule has 2 aromatic heterocycles. The van der Waals surface area contributed by atoms with Crippen LogP contribution < -0.4 is 16.0 Å². The van der Waals surface area contributed by atoms with Crippen LogP contribution in [0.3, 0.4) is 0 Å². The van der Waals surface area contributed by atoms with E-state index in [1.54, 1.807) is 18.6 Å². The van der Waals surface area contributed by atoms with Crippen LogP contribution in [0, 0.1) is 23.0 Å². The van der Waals surface area contributed by atoms with Crippen molar-refractivity contribution in [2.45, 2.75) is 50.7 Å². The van der Waals surface area contributed by atoms with Crippen LogP contribution in [-0.4, -0.2) is 39.8 Å².